The van der Waals surface area contributed by atoms with E-state index < -0.39 is 0 Å². The van der Waals surface area contributed by atoms with Crippen molar-refractivity contribution in [2.45, 2.75) is 0 Å². The summed E-state index contributed by atoms with van der Waals surface area (Å²) in [6.45, 7) is 1.10. The number of aromatic nitrogens is 4. The molecule has 238 valence electrons. The molecule has 12 nitrogen and oxygen atoms in total. The molecule has 0 aliphatic heterocycles. The molecule has 0 amide bonds. The second-order valence-corrected chi connectivity index (χ2v) is 11.7. The first-order chi connectivity index (χ1) is 22.4. The molecule has 0 saturated heterocycles. The van der Waals surface area contributed by atoms with Crippen LogP contribution in [0, 0.1) is 0 Å². The third-order valence-electron chi connectivity index (χ3n) is 6.43. The Kier molecular flexibility index (Phi) is 11.9. The van der Waals surface area contributed by atoms with E-state index >= 15 is 0 Å². The lowest BCUT2D eigenvalue weighted by molar-refractivity contribution is 0.111. The number of nitrogens with one attached hydrogen (secondary N) is 2. The highest BCUT2D eigenvalue weighted by Gasteiger charge is 2.19. The second kappa shape index (κ2) is 16.0. The number of benzene rings is 2. The highest BCUT2D eigenvalue weighted by atomic mass is 35.5. The number of carbonyl (C=O) groups excluding carboxylic acids is 2. The fraction of sp³-hybridized carbons (Fsp3) is 0.161. The summed E-state index contributed by atoms with van der Waals surface area (Å²) >= 11 is 8.49. The van der Waals surface area contributed by atoms with Gasteiger partial charge in [0.25, 0.3) is 0 Å². The zero-order valence-corrected chi connectivity index (χ0v) is 27.6. The van der Waals surface area contributed by atoms with Gasteiger partial charge in [-0.1, -0.05) is 54.1 Å². The molecule has 2 aromatic carbocycles. The summed E-state index contributed by atoms with van der Waals surface area (Å²) in [6.07, 6.45) is 1.50. The third-order valence-corrected chi connectivity index (χ3v) is 8.73. The van der Waals surface area contributed by atoms with Gasteiger partial charge in [-0.15, -0.1) is 22.7 Å². The summed E-state index contributed by atoms with van der Waals surface area (Å²) in [7, 11) is 4.88. The fourth-order valence-electron chi connectivity index (χ4n) is 4.33. The Morgan fingerprint density at radius 2 is 1.28 bits per heavy atom. The van der Waals surface area contributed by atoms with Crippen molar-refractivity contribution >= 4 is 90.6 Å². The van der Waals surface area contributed by atoms with E-state index in [1.165, 1.54) is 29.7 Å². The third kappa shape index (κ3) is 7.38. The molecular weight excluding hydrogens is 646 g/mol. The fourth-order valence-corrected chi connectivity index (χ4v) is 6.28. The standard InChI is InChI=1S/C16H15ClN4O2S.C14H12N4OS.CH5N/c1-23-7-6-19-16-20-14(9-2-4-10(17)5-3-9)12-13(18)11(8-22)24-15(12)21-16;1-16-14-17-12(8-5-3-2-4-6-8)10-11(15)9(7-19)20-13(10)18-14;1-2/h2-5,8H,6-7,18H2,1H3,(H,19,20,21);2-7H,15H2,1H3,(H,16,17,18);2H2,1H3. The number of ether oxygens (including phenoxy) is 1. The van der Waals surface area contributed by atoms with Crippen molar-refractivity contribution < 1.29 is 14.3 Å². The van der Waals surface area contributed by atoms with Gasteiger partial charge in [0.05, 0.1) is 49.9 Å². The highest BCUT2D eigenvalue weighted by molar-refractivity contribution is 7.21. The van der Waals surface area contributed by atoms with Crippen LogP contribution in [-0.4, -0.2) is 66.9 Å². The Bertz CT molecular complexity index is 1950. The zero-order chi connectivity index (χ0) is 33.2. The summed E-state index contributed by atoms with van der Waals surface area (Å²) < 4.78 is 5.02. The molecule has 8 N–H and O–H groups in total. The molecule has 0 unspecified atom stereocenters. The first-order valence-corrected chi connectivity index (χ1v) is 15.8. The van der Waals surface area contributed by atoms with Crippen LogP contribution in [0.25, 0.3) is 42.9 Å². The van der Waals surface area contributed by atoms with Crippen molar-refractivity contribution in [2.24, 2.45) is 5.73 Å². The van der Waals surface area contributed by atoms with Crippen molar-refractivity contribution in [3.05, 3.63) is 69.4 Å². The second-order valence-electron chi connectivity index (χ2n) is 9.19. The lowest BCUT2D eigenvalue weighted by Gasteiger charge is -2.09. The molecule has 0 aliphatic carbocycles. The topological polar surface area (TPSA) is 197 Å². The van der Waals surface area contributed by atoms with Crippen LogP contribution in [0.3, 0.4) is 0 Å². The molecule has 0 saturated carbocycles. The van der Waals surface area contributed by atoms with Crippen LogP contribution in [0.1, 0.15) is 19.3 Å². The quantitative estimate of drug-likeness (QED) is 0.0907. The Labute approximate surface area is 278 Å². The Morgan fingerprint density at radius 3 is 1.78 bits per heavy atom. The van der Waals surface area contributed by atoms with Crippen LogP contribution in [0.5, 0.6) is 0 Å². The highest BCUT2D eigenvalue weighted by Crippen LogP contribution is 2.39. The molecule has 4 aromatic heterocycles. The minimum Gasteiger partial charge on any atom is -0.397 e. The Hall–Kier alpha value is -4.73. The molecule has 0 spiro atoms. The number of nitrogens with zero attached hydrogens (tertiary/aromatic N) is 4. The number of nitrogens with two attached hydrogens (primary N) is 3. The van der Waals surface area contributed by atoms with Gasteiger partial charge in [0, 0.05) is 36.9 Å². The summed E-state index contributed by atoms with van der Waals surface area (Å²) in [6, 6.07) is 17.0. The van der Waals surface area contributed by atoms with E-state index in [4.69, 9.17) is 27.8 Å². The van der Waals surface area contributed by atoms with Crippen LogP contribution < -0.4 is 27.8 Å². The van der Waals surface area contributed by atoms with Crippen LogP contribution in [0.15, 0.2) is 54.6 Å². The number of carbonyl (C=O) groups is 2. The summed E-state index contributed by atoms with van der Waals surface area (Å²) in [5, 5.41) is 8.10. The predicted octanol–water partition coefficient (Wildman–Crippen LogP) is 5.83. The molecule has 6 aromatic rings. The molecule has 0 bridgehead atoms. The van der Waals surface area contributed by atoms with Gasteiger partial charge in [0.2, 0.25) is 11.9 Å². The molecule has 0 aliphatic rings. The predicted molar refractivity (Wildman–Crippen MR) is 190 cm³/mol. The number of anilines is 4. The first kappa shape index (κ1) is 34.1. The maximum absolute atomic E-state index is 11.2. The van der Waals surface area contributed by atoms with Crippen molar-refractivity contribution in [2.75, 3.05) is 56.5 Å². The van der Waals surface area contributed by atoms with Gasteiger partial charge >= 0.3 is 0 Å². The minimum absolute atomic E-state index is 0.401. The molecule has 0 atom stereocenters. The van der Waals surface area contributed by atoms with Crippen molar-refractivity contribution in [1.82, 2.24) is 19.9 Å². The summed E-state index contributed by atoms with van der Waals surface area (Å²) in [5.41, 5.74) is 20.7. The summed E-state index contributed by atoms with van der Waals surface area (Å²) in [5.74, 6) is 0.971. The largest absolute Gasteiger partial charge is 0.397 e. The lowest BCUT2D eigenvalue weighted by Crippen LogP contribution is -2.10. The minimum atomic E-state index is 0.401. The average Bonchev–Trinajstić information content (AvgIpc) is 3.61. The smallest absolute Gasteiger partial charge is 0.224 e. The maximum atomic E-state index is 11.2. The molecule has 15 heteroatoms. The monoisotopic (exact) mass is 677 g/mol. The number of hydrogen-bond acceptors (Lipinski definition) is 14. The zero-order valence-electron chi connectivity index (χ0n) is 25.2. The van der Waals surface area contributed by atoms with Gasteiger partial charge in [0.1, 0.15) is 9.66 Å². The Balaban J connectivity index is 0.000000201. The van der Waals surface area contributed by atoms with Crippen LogP contribution in [0.2, 0.25) is 5.02 Å². The maximum Gasteiger partial charge on any atom is 0.224 e. The van der Waals surface area contributed by atoms with E-state index in [9.17, 15) is 9.59 Å². The van der Waals surface area contributed by atoms with E-state index in [-0.39, 0.29) is 0 Å². The Morgan fingerprint density at radius 1 is 0.783 bits per heavy atom. The van der Waals surface area contributed by atoms with Gasteiger partial charge in [-0.05, 0) is 19.2 Å². The van der Waals surface area contributed by atoms with Gasteiger partial charge < -0.3 is 32.6 Å². The first-order valence-electron chi connectivity index (χ1n) is 13.8. The average molecular weight is 678 g/mol. The van der Waals surface area contributed by atoms with Gasteiger partial charge in [-0.2, -0.15) is 0 Å². The number of aldehydes is 2. The molecule has 0 radical (unpaired) electrons. The van der Waals surface area contributed by atoms with Crippen molar-refractivity contribution in [1.29, 1.82) is 0 Å². The van der Waals surface area contributed by atoms with E-state index in [1.807, 2.05) is 42.5 Å². The molecular formula is C31H32ClN9O3S2. The number of methoxy groups -OCH3 is 1. The molecule has 46 heavy (non-hydrogen) atoms. The van der Waals surface area contributed by atoms with E-state index in [0.29, 0.717) is 71.9 Å². The summed E-state index contributed by atoms with van der Waals surface area (Å²) in [4.78, 5) is 42.5. The lowest BCUT2D eigenvalue weighted by atomic mass is 10.1. The van der Waals surface area contributed by atoms with Crippen molar-refractivity contribution in [3.63, 3.8) is 0 Å². The molecule has 4 heterocycles. The number of nitrogen functional groups attached to an aromatic ring is 2. The number of halogens is 1. The van der Waals surface area contributed by atoms with Crippen molar-refractivity contribution in [3.8, 4) is 22.5 Å². The number of rotatable bonds is 9. The van der Waals surface area contributed by atoms with Crippen LogP contribution in [0.4, 0.5) is 23.3 Å². The molecule has 6 rings (SSSR count). The SMILES string of the molecule is CN.CNc1nc(-c2ccccc2)c2c(N)c(C=O)sc2n1.COCCNc1nc(-c2ccc(Cl)cc2)c2c(N)c(C=O)sc2n1. The molecule has 0 fully saturated rings. The van der Waals surface area contributed by atoms with Gasteiger partial charge in [0.15, 0.2) is 12.6 Å². The van der Waals surface area contributed by atoms with Crippen LogP contribution in [-0.2, 0) is 4.74 Å². The number of fused-ring (bicyclic) bond motifs is 2. The van der Waals surface area contributed by atoms with E-state index in [0.717, 1.165) is 34.8 Å². The normalized spacial score (nSPS) is 10.5. The van der Waals surface area contributed by atoms with Gasteiger partial charge in [-0.3, -0.25) is 9.59 Å². The van der Waals surface area contributed by atoms with E-state index in [1.54, 1.807) is 26.3 Å². The van der Waals surface area contributed by atoms with E-state index in [2.05, 4.69) is 36.3 Å². The number of thiophene rings is 2. The van der Waals surface area contributed by atoms with Gasteiger partial charge in [-0.25, -0.2) is 19.9 Å². The number of hydrogen-bond donors (Lipinski definition) is 5. The van der Waals surface area contributed by atoms with Crippen LogP contribution >= 0.6 is 34.3 Å².